The SMILES string of the molecule is COCCCn1c(=S)[nH]c2cc(C(=O)Nc3ccc(Oc4ncccn4)cc3C)ccc2c1=O. The quantitative estimate of drug-likeness (QED) is 0.288. The van der Waals surface area contributed by atoms with Gasteiger partial charge >= 0.3 is 6.01 Å². The molecule has 0 atom stereocenters. The van der Waals surface area contributed by atoms with Crippen LogP contribution in [-0.2, 0) is 11.3 Å². The van der Waals surface area contributed by atoms with Gasteiger partial charge in [0.15, 0.2) is 4.77 Å². The van der Waals surface area contributed by atoms with E-state index in [0.29, 0.717) is 52.2 Å². The van der Waals surface area contributed by atoms with Crippen molar-refractivity contribution >= 4 is 34.7 Å². The zero-order chi connectivity index (χ0) is 24.1. The second kappa shape index (κ2) is 10.4. The summed E-state index contributed by atoms with van der Waals surface area (Å²) in [4.78, 5) is 36.9. The Morgan fingerprint density at radius 1 is 1.18 bits per heavy atom. The number of H-pyrrole nitrogens is 1. The van der Waals surface area contributed by atoms with Gasteiger partial charge in [-0.2, -0.15) is 0 Å². The Labute approximate surface area is 200 Å². The van der Waals surface area contributed by atoms with E-state index in [1.54, 1.807) is 62.0 Å². The van der Waals surface area contributed by atoms with Crippen LogP contribution in [0, 0.1) is 11.7 Å². The van der Waals surface area contributed by atoms with Crippen molar-refractivity contribution in [3.63, 3.8) is 0 Å². The Balaban J connectivity index is 1.53. The number of rotatable bonds is 8. The molecule has 2 heterocycles. The number of benzene rings is 2. The highest BCUT2D eigenvalue weighted by Crippen LogP contribution is 2.25. The van der Waals surface area contributed by atoms with Crippen molar-refractivity contribution in [1.29, 1.82) is 0 Å². The highest BCUT2D eigenvalue weighted by atomic mass is 32.1. The number of carbonyl (C=O) groups excluding carboxylic acids is 1. The first-order chi connectivity index (χ1) is 16.5. The van der Waals surface area contributed by atoms with Crippen LogP contribution in [-0.4, -0.2) is 39.1 Å². The fourth-order valence-corrected chi connectivity index (χ4v) is 3.73. The average Bonchev–Trinajstić information content (AvgIpc) is 2.83. The molecule has 0 saturated heterocycles. The van der Waals surface area contributed by atoms with Gasteiger partial charge in [-0.05, 0) is 73.6 Å². The van der Waals surface area contributed by atoms with E-state index in [9.17, 15) is 9.59 Å². The van der Waals surface area contributed by atoms with Gasteiger partial charge in [-0.1, -0.05) is 0 Å². The van der Waals surface area contributed by atoms with Crippen molar-refractivity contribution in [2.75, 3.05) is 19.0 Å². The summed E-state index contributed by atoms with van der Waals surface area (Å²) in [5, 5.41) is 3.36. The molecule has 2 N–H and O–H groups in total. The molecule has 9 nitrogen and oxygen atoms in total. The standard InChI is InChI=1S/C24H23N5O4S/c1-15-13-17(33-23-25-9-3-10-26-23)6-8-19(15)27-21(30)16-5-7-18-20(14-16)28-24(34)29(22(18)31)11-4-12-32-2/h3,5-10,13-14H,4,11-12H2,1-2H3,(H,27,30)(H,28,34). The first-order valence-corrected chi connectivity index (χ1v) is 11.0. The van der Waals surface area contributed by atoms with Crippen LogP contribution in [0.3, 0.4) is 0 Å². The van der Waals surface area contributed by atoms with Crippen molar-refractivity contribution in [3.8, 4) is 11.8 Å². The molecule has 0 aliphatic carbocycles. The minimum absolute atomic E-state index is 0.198. The van der Waals surface area contributed by atoms with Crippen LogP contribution in [0.15, 0.2) is 59.7 Å². The highest BCUT2D eigenvalue weighted by molar-refractivity contribution is 7.71. The number of carbonyl (C=O) groups is 1. The van der Waals surface area contributed by atoms with Gasteiger partial charge in [0.2, 0.25) is 0 Å². The molecule has 10 heteroatoms. The molecule has 0 spiro atoms. The number of hydrogen-bond donors (Lipinski definition) is 2. The fraction of sp³-hybridized carbons (Fsp3) is 0.208. The first-order valence-electron chi connectivity index (χ1n) is 10.6. The average molecular weight is 478 g/mol. The molecule has 0 fully saturated rings. The van der Waals surface area contributed by atoms with Crippen LogP contribution in [0.4, 0.5) is 5.69 Å². The summed E-state index contributed by atoms with van der Waals surface area (Å²) in [7, 11) is 1.61. The first kappa shape index (κ1) is 23.3. The molecule has 2 aromatic heterocycles. The van der Waals surface area contributed by atoms with E-state index < -0.39 is 0 Å². The number of nitrogens with zero attached hydrogens (tertiary/aromatic N) is 3. The third-order valence-corrected chi connectivity index (χ3v) is 5.49. The Morgan fingerprint density at radius 3 is 2.71 bits per heavy atom. The molecule has 34 heavy (non-hydrogen) atoms. The van der Waals surface area contributed by atoms with Crippen molar-refractivity contribution in [2.24, 2.45) is 0 Å². The number of aromatic nitrogens is 4. The van der Waals surface area contributed by atoms with E-state index in [1.807, 2.05) is 6.92 Å². The molecule has 0 radical (unpaired) electrons. The number of anilines is 1. The second-order valence-corrected chi connectivity index (χ2v) is 7.94. The second-order valence-electron chi connectivity index (χ2n) is 7.56. The number of fused-ring (bicyclic) bond motifs is 1. The number of methoxy groups -OCH3 is 1. The number of aromatic amines is 1. The van der Waals surface area contributed by atoms with Gasteiger partial charge in [-0.25, -0.2) is 9.97 Å². The summed E-state index contributed by atoms with van der Waals surface area (Å²) in [6.45, 7) is 2.85. The largest absolute Gasteiger partial charge is 0.424 e. The molecular weight excluding hydrogens is 454 g/mol. The van der Waals surface area contributed by atoms with Gasteiger partial charge in [0.05, 0.1) is 10.9 Å². The minimum Gasteiger partial charge on any atom is -0.424 e. The zero-order valence-corrected chi connectivity index (χ0v) is 19.5. The van der Waals surface area contributed by atoms with Gasteiger partial charge in [-0.3, -0.25) is 14.2 Å². The van der Waals surface area contributed by atoms with Gasteiger partial charge in [-0.15, -0.1) is 0 Å². The maximum absolute atomic E-state index is 12.9. The maximum atomic E-state index is 12.9. The third kappa shape index (κ3) is 5.19. The minimum atomic E-state index is -0.311. The predicted octanol–water partition coefficient (Wildman–Crippen LogP) is 4.24. The number of hydrogen-bond acceptors (Lipinski definition) is 7. The monoisotopic (exact) mass is 477 g/mol. The number of amides is 1. The summed E-state index contributed by atoms with van der Waals surface area (Å²) in [5.41, 5.74) is 2.14. The molecular formula is C24H23N5O4S. The lowest BCUT2D eigenvalue weighted by atomic mass is 10.1. The topological polar surface area (TPSA) is 111 Å². The Morgan fingerprint density at radius 2 is 1.97 bits per heavy atom. The van der Waals surface area contributed by atoms with Crippen LogP contribution in [0.1, 0.15) is 22.3 Å². The van der Waals surface area contributed by atoms with E-state index in [1.165, 1.54) is 4.57 Å². The lowest BCUT2D eigenvalue weighted by molar-refractivity contribution is 0.102. The van der Waals surface area contributed by atoms with Crippen LogP contribution < -0.4 is 15.6 Å². The van der Waals surface area contributed by atoms with E-state index in [4.69, 9.17) is 21.7 Å². The normalized spacial score (nSPS) is 10.9. The maximum Gasteiger partial charge on any atom is 0.321 e. The summed E-state index contributed by atoms with van der Waals surface area (Å²) in [5.74, 6) is 0.246. The van der Waals surface area contributed by atoms with Gasteiger partial charge in [0.1, 0.15) is 5.75 Å². The molecule has 0 unspecified atom stereocenters. The summed E-state index contributed by atoms with van der Waals surface area (Å²) in [6.07, 6.45) is 3.86. The van der Waals surface area contributed by atoms with E-state index in [2.05, 4.69) is 20.3 Å². The summed E-state index contributed by atoms with van der Waals surface area (Å²) in [6, 6.07) is 12.1. The number of ether oxygens (including phenoxy) is 2. The van der Waals surface area contributed by atoms with Crippen LogP contribution >= 0.6 is 12.2 Å². The molecule has 0 aliphatic heterocycles. The van der Waals surface area contributed by atoms with Crippen LogP contribution in [0.25, 0.3) is 10.9 Å². The summed E-state index contributed by atoms with van der Waals surface area (Å²) >= 11 is 5.35. The van der Waals surface area contributed by atoms with E-state index in [-0.39, 0.29) is 17.5 Å². The molecule has 0 aliphatic rings. The van der Waals surface area contributed by atoms with Crippen LogP contribution in [0.2, 0.25) is 0 Å². The molecule has 0 bridgehead atoms. The zero-order valence-electron chi connectivity index (χ0n) is 18.7. The van der Waals surface area contributed by atoms with Crippen molar-refractivity contribution < 1.29 is 14.3 Å². The Bertz CT molecular complexity index is 1450. The van der Waals surface area contributed by atoms with E-state index in [0.717, 1.165) is 5.56 Å². The van der Waals surface area contributed by atoms with Gasteiger partial charge in [0, 0.05) is 43.9 Å². The fourth-order valence-electron chi connectivity index (χ4n) is 3.44. The third-order valence-electron chi connectivity index (χ3n) is 5.17. The Kier molecular flexibility index (Phi) is 7.09. The van der Waals surface area contributed by atoms with Gasteiger partial charge in [0.25, 0.3) is 11.5 Å². The highest BCUT2D eigenvalue weighted by Gasteiger charge is 2.12. The Hall–Kier alpha value is -3.89. The van der Waals surface area contributed by atoms with Crippen molar-refractivity contribution in [2.45, 2.75) is 19.9 Å². The van der Waals surface area contributed by atoms with Crippen molar-refractivity contribution in [3.05, 3.63) is 81.1 Å². The number of nitrogens with one attached hydrogen (secondary N) is 2. The predicted molar refractivity (Wildman–Crippen MR) is 131 cm³/mol. The molecule has 0 saturated carbocycles. The molecule has 4 rings (SSSR count). The molecule has 1 amide bonds. The smallest absolute Gasteiger partial charge is 0.321 e. The van der Waals surface area contributed by atoms with E-state index >= 15 is 0 Å². The molecule has 4 aromatic rings. The number of aryl methyl sites for hydroxylation is 1. The summed E-state index contributed by atoms with van der Waals surface area (Å²) < 4.78 is 12.5. The molecule has 174 valence electrons. The molecule has 2 aromatic carbocycles. The van der Waals surface area contributed by atoms with Crippen LogP contribution in [0.5, 0.6) is 11.8 Å². The van der Waals surface area contributed by atoms with Crippen molar-refractivity contribution in [1.82, 2.24) is 19.5 Å². The lowest BCUT2D eigenvalue weighted by Crippen LogP contribution is -2.23. The van der Waals surface area contributed by atoms with Gasteiger partial charge < -0.3 is 19.8 Å². The lowest BCUT2D eigenvalue weighted by Gasteiger charge is -2.12.